The zero-order chi connectivity index (χ0) is 34.9. The molecule has 0 atom stereocenters. The van der Waals surface area contributed by atoms with Crippen molar-refractivity contribution in [2.45, 2.75) is 0 Å². The van der Waals surface area contributed by atoms with Gasteiger partial charge in [0.05, 0.1) is 0 Å². The van der Waals surface area contributed by atoms with Gasteiger partial charge >= 0.3 is 0 Å². The minimum Gasteiger partial charge on any atom is -0.456 e. The third-order valence-electron chi connectivity index (χ3n) is 10.5. The van der Waals surface area contributed by atoms with Crippen molar-refractivity contribution in [2.24, 2.45) is 0 Å². The van der Waals surface area contributed by atoms with Gasteiger partial charge in [-0.05, 0) is 92.8 Å². The summed E-state index contributed by atoms with van der Waals surface area (Å²) in [6, 6.07) is 60.9. The maximum atomic E-state index is 6.38. The van der Waals surface area contributed by atoms with Gasteiger partial charge in [-0.15, -0.1) is 11.3 Å². The number of hydrogen-bond donors (Lipinski definition) is 0. The lowest BCUT2D eigenvalue weighted by Crippen LogP contribution is -2.09. The number of aromatic nitrogens is 1. The second kappa shape index (κ2) is 11.9. The molecule has 0 aliphatic heterocycles. The van der Waals surface area contributed by atoms with E-state index in [0.717, 1.165) is 50.1 Å². The fraction of sp³-hybridized carbons (Fsp3) is 0. The molecule has 0 unspecified atom stereocenters. The van der Waals surface area contributed by atoms with Gasteiger partial charge in [0.15, 0.2) is 0 Å². The predicted octanol–water partition coefficient (Wildman–Crippen LogP) is 14.5. The quantitative estimate of drug-likeness (QED) is 0.168. The van der Waals surface area contributed by atoms with E-state index >= 15 is 0 Å². The number of pyridine rings is 1. The van der Waals surface area contributed by atoms with Gasteiger partial charge in [-0.1, -0.05) is 109 Å². The Balaban J connectivity index is 1.04. The fourth-order valence-electron chi connectivity index (χ4n) is 8.02. The highest BCUT2D eigenvalue weighted by molar-refractivity contribution is 7.26. The average molecular weight is 695 g/mol. The molecule has 0 amide bonds. The molecular formula is C49H30N2OS. The molecule has 3 heterocycles. The predicted molar refractivity (Wildman–Crippen MR) is 225 cm³/mol. The molecule has 0 N–H and O–H groups in total. The van der Waals surface area contributed by atoms with Crippen molar-refractivity contribution in [1.29, 1.82) is 0 Å². The van der Waals surface area contributed by atoms with Gasteiger partial charge in [0, 0.05) is 72.0 Å². The fourth-order valence-corrected chi connectivity index (χ4v) is 9.23. The summed E-state index contributed by atoms with van der Waals surface area (Å²) in [5.74, 6) is 0. The number of fused-ring (bicyclic) bond motifs is 9. The monoisotopic (exact) mass is 694 g/mol. The van der Waals surface area contributed by atoms with Crippen LogP contribution < -0.4 is 4.90 Å². The Morgan fingerprint density at radius 1 is 0.415 bits per heavy atom. The van der Waals surface area contributed by atoms with Crippen molar-refractivity contribution in [3.63, 3.8) is 0 Å². The smallest absolute Gasteiger partial charge is 0.137 e. The van der Waals surface area contributed by atoms with Crippen LogP contribution in [-0.4, -0.2) is 4.98 Å². The van der Waals surface area contributed by atoms with Crippen molar-refractivity contribution in [2.75, 3.05) is 4.90 Å². The molecule has 0 aliphatic rings. The molecule has 0 radical (unpaired) electrons. The van der Waals surface area contributed by atoms with E-state index in [0.29, 0.717) is 0 Å². The number of benzene rings is 8. The lowest BCUT2D eigenvalue weighted by atomic mass is 9.93. The summed E-state index contributed by atoms with van der Waals surface area (Å²) in [5, 5.41) is 9.74. The second-order valence-electron chi connectivity index (χ2n) is 13.6. The Hall–Kier alpha value is -6.75. The highest BCUT2D eigenvalue weighted by Crippen LogP contribution is 2.43. The van der Waals surface area contributed by atoms with Crippen LogP contribution in [0.5, 0.6) is 0 Å². The normalized spacial score (nSPS) is 11.8. The van der Waals surface area contributed by atoms with E-state index in [4.69, 9.17) is 4.42 Å². The zero-order valence-electron chi connectivity index (χ0n) is 28.5. The highest BCUT2D eigenvalue weighted by atomic mass is 32.1. The molecule has 3 aromatic heterocycles. The number of furan rings is 1. The summed E-state index contributed by atoms with van der Waals surface area (Å²) in [7, 11) is 0. The first-order valence-corrected chi connectivity index (χ1v) is 18.7. The van der Waals surface area contributed by atoms with Crippen LogP contribution in [0.4, 0.5) is 17.1 Å². The number of anilines is 3. The molecule has 8 aromatic carbocycles. The van der Waals surface area contributed by atoms with Gasteiger partial charge < -0.3 is 9.32 Å². The van der Waals surface area contributed by atoms with Gasteiger partial charge in [0.1, 0.15) is 11.2 Å². The van der Waals surface area contributed by atoms with Crippen LogP contribution >= 0.6 is 11.3 Å². The summed E-state index contributed by atoms with van der Waals surface area (Å²) in [6.07, 6.45) is 3.99. The molecule has 0 spiro atoms. The van der Waals surface area contributed by atoms with E-state index in [1.807, 2.05) is 35.9 Å². The van der Waals surface area contributed by atoms with Crippen LogP contribution in [0.25, 0.3) is 85.9 Å². The Morgan fingerprint density at radius 2 is 1.02 bits per heavy atom. The van der Waals surface area contributed by atoms with E-state index in [9.17, 15) is 0 Å². The van der Waals surface area contributed by atoms with Crippen molar-refractivity contribution in [1.82, 2.24) is 4.98 Å². The maximum absolute atomic E-state index is 6.38. The van der Waals surface area contributed by atoms with Crippen molar-refractivity contribution >= 4 is 92.1 Å². The van der Waals surface area contributed by atoms with E-state index < -0.39 is 0 Å². The molecule has 4 heteroatoms. The van der Waals surface area contributed by atoms with E-state index in [2.05, 4.69) is 168 Å². The summed E-state index contributed by atoms with van der Waals surface area (Å²) < 4.78 is 8.92. The van der Waals surface area contributed by atoms with Crippen LogP contribution in [0.3, 0.4) is 0 Å². The van der Waals surface area contributed by atoms with Crippen LogP contribution in [0.2, 0.25) is 0 Å². The van der Waals surface area contributed by atoms with Gasteiger partial charge in [-0.3, -0.25) is 4.98 Å². The van der Waals surface area contributed by atoms with Gasteiger partial charge in [0.25, 0.3) is 0 Å². The molecular weight excluding hydrogens is 665 g/mol. The summed E-state index contributed by atoms with van der Waals surface area (Å²) in [5.41, 5.74) is 9.62. The van der Waals surface area contributed by atoms with Crippen LogP contribution in [0, 0.1) is 0 Å². The molecule has 3 nitrogen and oxygen atoms in total. The number of hydrogen-bond acceptors (Lipinski definition) is 4. The molecule has 0 aliphatic carbocycles. The van der Waals surface area contributed by atoms with Gasteiger partial charge in [-0.2, -0.15) is 0 Å². The lowest BCUT2D eigenvalue weighted by Gasteiger charge is -2.26. The molecule has 11 aromatic rings. The van der Waals surface area contributed by atoms with Gasteiger partial charge in [-0.25, -0.2) is 0 Å². The van der Waals surface area contributed by atoms with E-state index in [-0.39, 0.29) is 0 Å². The first-order valence-electron chi connectivity index (χ1n) is 17.8. The molecule has 11 rings (SSSR count). The number of rotatable bonds is 5. The minimum absolute atomic E-state index is 0.868. The van der Waals surface area contributed by atoms with E-state index in [1.165, 1.54) is 52.8 Å². The number of thiophene rings is 1. The molecule has 0 bridgehead atoms. The van der Waals surface area contributed by atoms with Crippen LogP contribution in [0.15, 0.2) is 187 Å². The van der Waals surface area contributed by atoms with Crippen molar-refractivity contribution in [3.8, 4) is 22.3 Å². The Labute approximate surface area is 309 Å². The molecule has 53 heavy (non-hydrogen) atoms. The summed E-state index contributed by atoms with van der Waals surface area (Å²) in [6.45, 7) is 0. The lowest BCUT2D eigenvalue weighted by molar-refractivity contribution is 0.669. The van der Waals surface area contributed by atoms with Crippen LogP contribution in [-0.2, 0) is 0 Å². The van der Waals surface area contributed by atoms with E-state index in [1.54, 1.807) is 0 Å². The Morgan fingerprint density at radius 3 is 1.81 bits per heavy atom. The average Bonchev–Trinajstić information content (AvgIpc) is 3.79. The molecule has 0 fully saturated rings. The van der Waals surface area contributed by atoms with Gasteiger partial charge in [0.2, 0.25) is 0 Å². The minimum atomic E-state index is 0.868. The zero-order valence-corrected chi connectivity index (χ0v) is 29.3. The summed E-state index contributed by atoms with van der Waals surface area (Å²) in [4.78, 5) is 6.98. The largest absolute Gasteiger partial charge is 0.456 e. The number of nitrogens with zero attached hydrogens (tertiary/aromatic N) is 2. The van der Waals surface area contributed by atoms with Crippen molar-refractivity contribution < 1.29 is 4.42 Å². The summed E-state index contributed by atoms with van der Waals surface area (Å²) >= 11 is 1.83. The van der Waals surface area contributed by atoms with Crippen molar-refractivity contribution in [3.05, 3.63) is 182 Å². The topological polar surface area (TPSA) is 29.3 Å². The molecule has 0 saturated carbocycles. The van der Waals surface area contributed by atoms with Crippen LogP contribution in [0.1, 0.15) is 0 Å². The third-order valence-corrected chi connectivity index (χ3v) is 11.8. The Bertz CT molecular complexity index is 3170. The Kier molecular flexibility index (Phi) is 6.73. The molecule has 0 saturated heterocycles. The number of para-hydroxylation sites is 1. The molecule has 248 valence electrons. The highest BCUT2D eigenvalue weighted by Gasteiger charge is 2.18. The standard InChI is InChI=1S/C49H30N2OS/c1-2-10-37-33(9-1)27-43(39-12-4-3-11-38(37)39)31-17-21-34(22-18-31)51(36-25-26-41-40-13-5-7-15-46(40)52-47(41)28-36)35-23-19-32(20-24-35)44-29-50-30-45-42-14-6-8-16-48(42)53-49(44)45/h1-30H. The first kappa shape index (κ1) is 29.9. The first-order chi connectivity index (χ1) is 26.3. The third kappa shape index (κ3) is 4.84. The second-order valence-corrected chi connectivity index (χ2v) is 14.6. The SMILES string of the molecule is c1ccc2c(c1)cc(-c1ccc(N(c3ccc(-c4cncc5c4sc4ccccc45)cc3)c3ccc4c(c3)oc3ccccc34)cc1)c1ccccc12. The maximum Gasteiger partial charge on any atom is 0.137 e.